The van der Waals surface area contributed by atoms with Crippen LogP contribution in [-0.2, 0) is 12.0 Å². The number of guanidine groups is 1. The fourth-order valence-electron chi connectivity index (χ4n) is 3.05. The van der Waals surface area contributed by atoms with Crippen molar-refractivity contribution >= 4 is 5.96 Å². The average Bonchev–Trinajstić information content (AvgIpc) is 3.24. The zero-order valence-electron chi connectivity index (χ0n) is 14.6. The first-order valence-corrected chi connectivity index (χ1v) is 8.69. The van der Waals surface area contributed by atoms with Crippen LogP contribution >= 0.6 is 0 Å². The molecule has 1 unspecified atom stereocenters. The van der Waals surface area contributed by atoms with E-state index in [4.69, 9.17) is 0 Å². The van der Waals surface area contributed by atoms with Gasteiger partial charge in [0.1, 0.15) is 0 Å². The second-order valence-corrected chi connectivity index (χ2v) is 6.79. The van der Waals surface area contributed by atoms with E-state index < -0.39 is 0 Å². The smallest absolute Gasteiger partial charge is 0.191 e. The van der Waals surface area contributed by atoms with Crippen molar-refractivity contribution in [2.45, 2.75) is 31.7 Å². The normalized spacial score (nSPS) is 17.3. The van der Waals surface area contributed by atoms with Crippen molar-refractivity contribution in [1.29, 1.82) is 0 Å². The SMILES string of the molecule is CN=C(NCC(C)Cn1cccn1)NCC1(c2ccccc2)CC1. The van der Waals surface area contributed by atoms with Crippen molar-refractivity contribution < 1.29 is 0 Å². The highest BCUT2D eigenvalue weighted by Gasteiger charge is 2.43. The Hall–Kier alpha value is -2.30. The lowest BCUT2D eigenvalue weighted by Crippen LogP contribution is -2.43. The van der Waals surface area contributed by atoms with Gasteiger partial charge in [-0.25, -0.2) is 0 Å². The molecule has 0 saturated heterocycles. The topological polar surface area (TPSA) is 54.2 Å². The number of hydrogen-bond donors (Lipinski definition) is 2. The quantitative estimate of drug-likeness (QED) is 0.607. The van der Waals surface area contributed by atoms with E-state index in [1.165, 1.54) is 18.4 Å². The standard InChI is InChI=1S/C19H27N5/c1-16(14-24-12-6-11-23-24)13-21-18(20-2)22-15-19(9-10-19)17-7-4-3-5-8-17/h3-8,11-12,16H,9-10,13-15H2,1-2H3,(H2,20,21,22). The van der Waals surface area contributed by atoms with Crippen LogP contribution in [-0.4, -0.2) is 35.9 Å². The van der Waals surface area contributed by atoms with Crippen LogP contribution in [0.25, 0.3) is 0 Å². The van der Waals surface area contributed by atoms with Crippen LogP contribution in [0.5, 0.6) is 0 Å². The number of nitrogens with zero attached hydrogens (tertiary/aromatic N) is 3. The average molecular weight is 325 g/mol. The molecule has 0 spiro atoms. The molecule has 1 aliphatic rings. The number of nitrogens with one attached hydrogen (secondary N) is 2. The minimum atomic E-state index is 0.291. The van der Waals surface area contributed by atoms with Crippen molar-refractivity contribution in [2.24, 2.45) is 10.9 Å². The molecule has 2 aromatic rings. The zero-order chi connectivity index (χ0) is 16.8. The lowest BCUT2D eigenvalue weighted by molar-refractivity contribution is 0.443. The van der Waals surface area contributed by atoms with Crippen LogP contribution in [0, 0.1) is 5.92 Å². The first kappa shape index (κ1) is 16.6. The number of aromatic nitrogens is 2. The Bertz CT molecular complexity index is 644. The molecule has 0 amide bonds. The minimum absolute atomic E-state index is 0.291. The third-order valence-corrected chi connectivity index (χ3v) is 4.73. The van der Waals surface area contributed by atoms with Gasteiger partial charge in [0.2, 0.25) is 0 Å². The third-order valence-electron chi connectivity index (χ3n) is 4.73. The largest absolute Gasteiger partial charge is 0.356 e. The minimum Gasteiger partial charge on any atom is -0.356 e. The number of aliphatic imine (C=N–C) groups is 1. The van der Waals surface area contributed by atoms with Gasteiger partial charge in [-0.2, -0.15) is 5.10 Å². The van der Waals surface area contributed by atoms with Crippen molar-refractivity contribution in [3.8, 4) is 0 Å². The van der Waals surface area contributed by atoms with E-state index in [1.54, 1.807) is 0 Å². The van der Waals surface area contributed by atoms with Crippen LogP contribution in [0.4, 0.5) is 0 Å². The maximum Gasteiger partial charge on any atom is 0.191 e. The second kappa shape index (κ2) is 7.51. The summed E-state index contributed by atoms with van der Waals surface area (Å²) in [4.78, 5) is 4.35. The molecule has 1 aliphatic carbocycles. The molecule has 1 saturated carbocycles. The predicted molar refractivity (Wildman–Crippen MR) is 98.1 cm³/mol. The van der Waals surface area contributed by atoms with E-state index in [9.17, 15) is 0 Å². The maximum atomic E-state index is 4.35. The second-order valence-electron chi connectivity index (χ2n) is 6.79. The summed E-state index contributed by atoms with van der Waals surface area (Å²) in [6, 6.07) is 12.8. The molecular formula is C19H27N5. The molecule has 1 fully saturated rings. The van der Waals surface area contributed by atoms with Crippen LogP contribution in [0.3, 0.4) is 0 Å². The van der Waals surface area contributed by atoms with Crippen molar-refractivity contribution in [3.63, 3.8) is 0 Å². The Morgan fingerprint density at radius 2 is 2.04 bits per heavy atom. The molecule has 5 heteroatoms. The van der Waals surface area contributed by atoms with Gasteiger partial charge < -0.3 is 10.6 Å². The fraction of sp³-hybridized carbons (Fsp3) is 0.474. The Balaban J connectivity index is 1.46. The molecule has 1 atom stereocenters. The van der Waals surface area contributed by atoms with Crippen molar-refractivity contribution in [1.82, 2.24) is 20.4 Å². The summed E-state index contributed by atoms with van der Waals surface area (Å²) in [6.45, 7) is 4.93. The van der Waals surface area contributed by atoms with Gasteiger partial charge >= 0.3 is 0 Å². The van der Waals surface area contributed by atoms with Gasteiger partial charge in [-0.15, -0.1) is 0 Å². The number of rotatable bonds is 7. The van der Waals surface area contributed by atoms with Gasteiger partial charge in [-0.3, -0.25) is 9.67 Å². The summed E-state index contributed by atoms with van der Waals surface area (Å²) in [5, 5.41) is 11.2. The number of hydrogen-bond acceptors (Lipinski definition) is 2. The molecule has 0 aliphatic heterocycles. The Morgan fingerprint density at radius 1 is 1.25 bits per heavy atom. The Labute approximate surface area is 144 Å². The van der Waals surface area contributed by atoms with Crippen LogP contribution in [0.2, 0.25) is 0 Å². The van der Waals surface area contributed by atoms with E-state index >= 15 is 0 Å². The molecule has 0 bridgehead atoms. The van der Waals surface area contributed by atoms with Crippen LogP contribution in [0.1, 0.15) is 25.3 Å². The maximum absolute atomic E-state index is 4.35. The van der Waals surface area contributed by atoms with Crippen LogP contribution < -0.4 is 10.6 Å². The monoisotopic (exact) mass is 325 g/mol. The first-order chi connectivity index (χ1) is 11.7. The Kier molecular flexibility index (Phi) is 5.18. The lowest BCUT2D eigenvalue weighted by atomic mass is 9.96. The van der Waals surface area contributed by atoms with Gasteiger partial charge in [0, 0.05) is 44.5 Å². The van der Waals surface area contributed by atoms with Crippen molar-refractivity contribution in [2.75, 3.05) is 20.1 Å². The summed E-state index contributed by atoms with van der Waals surface area (Å²) >= 11 is 0. The molecule has 1 aromatic heterocycles. The Morgan fingerprint density at radius 3 is 2.67 bits per heavy atom. The van der Waals surface area contributed by atoms with E-state index in [0.717, 1.165) is 25.6 Å². The lowest BCUT2D eigenvalue weighted by Gasteiger charge is -2.20. The molecule has 2 N–H and O–H groups in total. The molecule has 5 nitrogen and oxygen atoms in total. The summed E-state index contributed by atoms with van der Waals surface area (Å²) in [5.74, 6) is 1.36. The molecule has 1 aromatic carbocycles. The summed E-state index contributed by atoms with van der Waals surface area (Å²) in [7, 11) is 1.83. The van der Waals surface area contributed by atoms with E-state index in [1.807, 2.05) is 30.2 Å². The third kappa shape index (κ3) is 4.16. The van der Waals surface area contributed by atoms with Gasteiger partial charge in [0.05, 0.1) is 0 Å². The highest BCUT2D eigenvalue weighted by Crippen LogP contribution is 2.47. The molecular weight excluding hydrogens is 298 g/mol. The van der Waals surface area contributed by atoms with Crippen LogP contribution in [0.15, 0.2) is 53.8 Å². The predicted octanol–water partition coefficient (Wildman–Crippen LogP) is 2.42. The van der Waals surface area contributed by atoms with E-state index in [0.29, 0.717) is 11.3 Å². The van der Waals surface area contributed by atoms with Gasteiger partial charge in [0.25, 0.3) is 0 Å². The molecule has 1 heterocycles. The molecule has 128 valence electrons. The fourth-order valence-corrected chi connectivity index (χ4v) is 3.05. The zero-order valence-corrected chi connectivity index (χ0v) is 14.6. The summed E-state index contributed by atoms with van der Waals surface area (Å²) in [5.41, 5.74) is 1.72. The molecule has 0 radical (unpaired) electrons. The number of benzene rings is 1. The first-order valence-electron chi connectivity index (χ1n) is 8.69. The van der Waals surface area contributed by atoms with Gasteiger partial charge in [0.15, 0.2) is 5.96 Å². The van der Waals surface area contributed by atoms with E-state index in [-0.39, 0.29) is 0 Å². The van der Waals surface area contributed by atoms with Gasteiger partial charge in [-0.05, 0) is 30.4 Å². The highest BCUT2D eigenvalue weighted by molar-refractivity contribution is 5.79. The molecule has 24 heavy (non-hydrogen) atoms. The molecule has 3 rings (SSSR count). The van der Waals surface area contributed by atoms with Crippen molar-refractivity contribution in [3.05, 3.63) is 54.4 Å². The highest BCUT2D eigenvalue weighted by atomic mass is 15.3. The summed E-state index contributed by atoms with van der Waals surface area (Å²) in [6.07, 6.45) is 6.31. The summed E-state index contributed by atoms with van der Waals surface area (Å²) < 4.78 is 1.97. The van der Waals surface area contributed by atoms with Gasteiger partial charge in [-0.1, -0.05) is 37.3 Å². The van der Waals surface area contributed by atoms with E-state index in [2.05, 4.69) is 58.0 Å².